The zero-order valence-corrected chi connectivity index (χ0v) is 10.6. The number of halogens is 1. The van der Waals surface area contributed by atoms with E-state index in [9.17, 15) is 14.6 Å². The van der Waals surface area contributed by atoms with Gasteiger partial charge in [0.25, 0.3) is 0 Å². The summed E-state index contributed by atoms with van der Waals surface area (Å²) in [5.41, 5.74) is 0.310. The van der Waals surface area contributed by atoms with Crippen LogP contribution < -0.4 is 0 Å². The van der Waals surface area contributed by atoms with E-state index in [0.29, 0.717) is 24.6 Å². The topological polar surface area (TPSA) is 43.7 Å². The van der Waals surface area contributed by atoms with Gasteiger partial charge in [-0.05, 0) is 31.9 Å². The first-order valence-corrected chi connectivity index (χ1v) is 6.37. The largest absolute Gasteiger partial charge is 0.392 e. The summed E-state index contributed by atoms with van der Waals surface area (Å²) >= 11 is 0. The Bertz CT molecular complexity index is 395. The summed E-state index contributed by atoms with van der Waals surface area (Å²) in [6.45, 7) is 0.848. The molecule has 1 aromatic carbocycles. The van der Waals surface area contributed by atoms with Crippen LogP contribution in [0.5, 0.6) is 0 Å². The van der Waals surface area contributed by atoms with Gasteiger partial charge in [0.05, 0.1) is 12.2 Å². The molecule has 2 N–H and O–H groups in total. The highest BCUT2D eigenvalue weighted by Gasteiger charge is 2.30. The highest BCUT2D eigenvalue weighted by atomic mass is 19.1. The van der Waals surface area contributed by atoms with Crippen LogP contribution in [0, 0.1) is 11.7 Å². The molecule has 1 aliphatic carbocycles. The highest BCUT2D eigenvalue weighted by molar-refractivity contribution is 5.19. The van der Waals surface area contributed by atoms with Crippen molar-refractivity contribution in [3.63, 3.8) is 0 Å². The average Bonchev–Trinajstić information content (AvgIpc) is 3.12. The van der Waals surface area contributed by atoms with Crippen LogP contribution in [0.4, 0.5) is 4.39 Å². The van der Waals surface area contributed by atoms with E-state index in [1.165, 1.54) is 6.07 Å². The molecular weight excluding hydrogens is 233 g/mol. The number of nitrogens with zero attached hydrogens (tertiary/aromatic N) is 1. The summed E-state index contributed by atoms with van der Waals surface area (Å²) in [6, 6.07) is 6.25. The Morgan fingerprint density at radius 1 is 1.28 bits per heavy atom. The molecule has 3 nitrogen and oxygen atoms in total. The minimum absolute atomic E-state index is 0.310. The molecule has 0 aromatic heterocycles. The third kappa shape index (κ3) is 3.51. The zero-order chi connectivity index (χ0) is 13.1. The first-order valence-electron chi connectivity index (χ1n) is 6.37. The Kier molecular flexibility index (Phi) is 4.32. The Balaban J connectivity index is 1.86. The fraction of sp³-hybridized carbons (Fsp3) is 0.571. The van der Waals surface area contributed by atoms with Crippen LogP contribution in [-0.2, 0) is 0 Å². The van der Waals surface area contributed by atoms with Crippen molar-refractivity contribution in [2.24, 2.45) is 5.92 Å². The molecule has 0 heterocycles. The molecule has 2 rings (SSSR count). The van der Waals surface area contributed by atoms with Crippen molar-refractivity contribution in [3.05, 3.63) is 35.6 Å². The van der Waals surface area contributed by atoms with Gasteiger partial charge < -0.3 is 15.1 Å². The SMILES string of the molecule is CN(CC(O)c1ccccc1F)CC(O)C1CC1. The molecule has 4 heteroatoms. The summed E-state index contributed by atoms with van der Waals surface area (Å²) in [5.74, 6) is 0.0270. The van der Waals surface area contributed by atoms with E-state index in [2.05, 4.69) is 0 Å². The van der Waals surface area contributed by atoms with Crippen molar-refractivity contribution < 1.29 is 14.6 Å². The molecule has 1 saturated carbocycles. The smallest absolute Gasteiger partial charge is 0.129 e. The molecule has 1 fully saturated rings. The lowest BCUT2D eigenvalue weighted by molar-refractivity contribution is 0.0721. The predicted molar refractivity (Wildman–Crippen MR) is 67.6 cm³/mol. The Morgan fingerprint density at radius 3 is 2.56 bits per heavy atom. The van der Waals surface area contributed by atoms with Gasteiger partial charge in [-0.1, -0.05) is 18.2 Å². The maximum atomic E-state index is 13.5. The van der Waals surface area contributed by atoms with E-state index in [-0.39, 0.29) is 11.9 Å². The molecule has 2 unspecified atom stereocenters. The van der Waals surface area contributed by atoms with Crippen molar-refractivity contribution in [2.75, 3.05) is 20.1 Å². The first kappa shape index (κ1) is 13.5. The third-order valence-corrected chi connectivity index (χ3v) is 3.41. The second kappa shape index (κ2) is 5.78. The number of hydrogen-bond acceptors (Lipinski definition) is 3. The summed E-state index contributed by atoms with van der Waals surface area (Å²) in [5, 5.41) is 19.8. The molecule has 2 atom stereocenters. The van der Waals surface area contributed by atoms with Gasteiger partial charge in [0.1, 0.15) is 5.82 Å². The van der Waals surface area contributed by atoms with Gasteiger partial charge in [0, 0.05) is 18.7 Å². The van der Waals surface area contributed by atoms with E-state index in [4.69, 9.17) is 0 Å². The van der Waals surface area contributed by atoms with Crippen molar-refractivity contribution in [3.8, 4) is 0 Å². The predicted octanol–water partition coefficient (Wildman–Crippen LogP) is 1.56. The molecule has 0 radical (unpaired) electrons. The lowest BCUT2D eigenvalue weighted by atomic mass is 10.1. The van der Waals surface area contributed by atoms with Crippen LogP contribution in [0.15, 0.2) is 24.3 Å². The van der Waals surface area contributed by atoms with Crippen LogP contribution in [0.25, 0.3) is 0 Å². The number of hydrogen-bond donors (Lipinski definition) is 2. The van der Waals surface area contributed by atoms with Gasteiger partial charge in [0.2, 0.25) is 0 Å². The van der Waals surface area contributed by atoms with Crippen molar-refractivity contribution in [2.45, 2.75) is 25.0 Å². The number of likely N-dealkylation sites (N-methyl/N-ethyl adjacent to an activating group) is 1. The molecule has 0 bridgehead atoms. The van der Waals surface area contributed by atoms with E-state index in [0.717, 1.165) is 12.8 Å². The van der Waals surface area contributed by atoms with Gasteiger partial charge >= 0.3 is 0 Å². The summed E-state index contributed by atoms with van der Waals surface area (Å²) in [7, 11) is 1.83. The lowest BCUT2D eigenvalue weighted by Crippen LogP contribution is -2.33. The lowest BCUT2D eigenvalue weighted by Gasteiger charge is -2.23. The van der Waals surface area contributed by atoms with Gasteiger partial charge in [-0.2, -0.15) is 0 Å². The van der Waals surface area contributed by atoms with Crippen molar-refractivity contribution >= 4 is 0 Å². The molecule has 100 valence electrons. The van der Waals surface area contributed by atoms with Crippen molar-refractivity contribution in [1.29, 1.82) is 0 Å². The summed E-state index contributed by atoms with van der Waals surface area (Å²) in [4.78, 5) is 1.85. The molecule has 1 aliphatic rings. The van der Waals surface area contributed by atoms with Gasteiger partial charge in [-0.15, -0.1) is 0 Å². The highest BCUT2D eigenvalue weighted by Crippen LogP contribution is 2.32. The monoisotopic (exact) mass is 253 g/mol. The van der Waals surface area contributed by atoms with E-state index >= 15 is 0 Å². The van der Waals surface area contributed by atoms with Gasteiger partial charge in [0.15, 0.2) is 0 Å². The molecule has 0 spiro atoms. The first-order chi connectivity index (χ1) is 8.58. The van der Waals surface area contributed by atoms with Crippen LogP contribution in [0.3, 0.4) is 0 Å². The fourth-order valence-electron chi connectivity index (χ4n) is 2.16. The average molecular weight is 253 g/mol. The molecule has 0 amide bonds. The second-order valence-corrected chi connectivity index (χ2v) is 5.16. The number of benzene rings is 1. The van der Waals surface area contributed by atoms with Gasteiger partial charge in [-0.25, -0.2) is 4.39 Å². The normalized spacial score (nSPS) is 18.9. The minimum Gasteiger partial charge on any atom is -0.392 e. The Labute approximate surface area is 107 Å². The minimum atomic E-state index is -0.859. The summed E-state index contributed by atoms with van der Waals surface area (Å²) in [6.07, 6.45) is 0.987. The van der Waals surface area contributed by atoms with Crippen LogP contribution >= 0.6 is 0 Å². The molecule has 0 aliphatic heterocycles. The maximum Gasteiger partial charge on any atom is 0.129 e. The Morgan fingerprint density at radius 2 is 1.94 bits per heavy atom. The summed E-state index contributed by atoms with van der Waals surface area (Å²) < 4.78 is 13.5. The van der Waals surface area contributed by atoms with Crippen LogP contribution in [0.1, 0.15) is 24.5 Å². The molecule has 1 aromatic rings. The van der Waals surface area contributed by atoms with Crippen molar-refractivity contribution in [1.82, 2.24) is 4.90 Å². The van der Waals surface area contributed by atoms with E-state index in [1.807, 2.05) is 11.9 Å². The molecule has 0 saturated heterocycles. The van der Waals surface area contributed by atoms with E-state index in [1.54, 1.807) is 18.2 Å². The second-order valence-electron chi connectivity index (χ2n) is 5.16. The standard InChI is InChI=1S/C14H20FNO2/c1-16(8-13(17)10-6-7-10)9-14(18)11-4-2-3-5-12(11)15/h2-5,10,13-14,17-18H,6-9H2,1H3. The van der Waals surface area contributed by atoms with Crippen LogP contribution in [-0.4, -0.2) is 41.4 Å². The van der Waals surface area contributed by atoms with Gasteiger partial charge in [-0.3, -0.25) is 0 Å². The number of rotatable bonds is 6. The fourth-order valence-corrected chi connectivity index (χ4v) is 2.16. The number of aliphatic hydroxyl groups is 2. The molecular formula is C14H20FNO2. The quantitative estimate of drug-likeness (QED) is 0.808. The number of aliphatic hydroxyl groups excluding tert-OH is 2. The third-order valence-electron chi connectivity index (χ3n) is 3.41. The molecule has 18 heavy (non-hydrogen) atoms. The van der Waals surface area contributed by atoms with Crippen LogP contribution in [0.2, 0.25) is 0 Å². The Hall–Kier alpha value is -0.970. The van der Waals surface area contributed by atoms with E-state index < -0.39 is 6.10 Å². The zero-order valence-electron chi connectivity index (χ0n) is 10.6. The maximum absolute atomic E-state index is 13.5.